The standard InChI is InChI=1S/C18H15N5O3/c1-11-9-16(20-12-4-5-13-15(10-12)26-8-7-25-13)23-18(19-11)21-17(22-23)14-3-2-6-24-14/h2-6,9-10,20H,7-8H2,1H3. The summed E-state index contributed by atoms with van der Waals surface area (Å²) >= 11 is 0. The molecule has 1 aliphatic heterocycles. The summed E-state index contributed by atoms with van der Waals surface area (Å²) in [6.45, 7) is 3.03. The van der Waals surface area contributed by atoms with Crippen molar-refractivity contribution >= 4 is 17.3 Å². The lowest BCUT2D eigenvalue weighted by Gasteiger charge is -2.19. The number of furan rings is 1. The molecule has 5 rings (SSSR count). The third-order valence-corrected chi connectivity index (χ3v) is 4.00. The zero-order chi connectivity index (χ0) is 17.5. The van der Waals surface area contributed by atoms with E-state index in [1.165, 1.54) is 0 Å². The molecule has 130 valence electrons. The average molecular weight is 349 g/mol. The van der Waals surface area contributed by atoms with Gasteiger partial charge in [-0.3, -0.25) is 0 Å². The Kier molecular flexibility index (Phi) is 3.27. The smallest absolute Gasteiger partial charge is 0.255 e. The van der Waals surface area contributed by atoms with Crippen molar-refractivity contribution in [2.45, 2.75) is 6.92 Å². The summed E-state index contributed by atoms with van der Waals surface area (Å²) in [5.41, 5.74) is 1.69. The monoisotopic (exact) mass is 349 g/mol. The minimum Gasteiger partial charge on any atom is -0.486 e. The van der Waals surface area contributed by atoms with Gasteiger partial charge >= 0.3 is 0 Å². The minimum absolute atomic E-state index is 0.485. The van der Waals surface area contributed by atoms with Crippen LogP contribution < -0.4 is 14.8 Å². The number of hydrogen-bond acceptors (Lipinski definition) is 7. The molecule has 1 N–H and O–H groups in total. The number of aromatic nitrogens is 4. The highest BCUT2D eigenvalue weighted by Gasteiger charge is 2.15. The van der Waals surface area contributed by atoms with Crippen LogP contribution in [0.1, 0.15) is 5.69 Å². The molecule has 0 bridgehead atoms. The molecule has 8 nitrogen and oxygen atoms in total. The van der Waals surface area contributed by atoms with Gasteiger partial charge in [0, 0.05) is 23.5 Å². The van der Waals surface area contributed by atoms with E-state index in [9.17, 15) is 0 Å². The molecular weight excluding hydrogens is 334 g/mol. The van der Waals surface area contributed by atoms with Crippen molar-refractivity contribution in [3.63, 3.8) is 0 Å². The number of anilines is 2. The van der Waals surface area contributed by atoms with Crippen LogP contribution in [-0.2, 0) is 0 Å². The Balaban J connectivity index is 1.56. The van der Waals surface area contributed by atoms with Gasteiger partial charge in [0.1, 0.15) is 19.0 Å². The van der Waals surface area contributed by atoms with Crippen molar-refractivity contribution in [1.82, 2.24) is 19.6 Å². The number of nitrogens with one attached hydrogen (secondary N) is 1. The molecule has 0 radical (unpaired) electrons. The van der Waals surface area contributed by atoms with Crippen LogP contribution in [-0.4, -0.2) is 32.8 Å². The van der Waals surface area contributed by atoms with Gasteiger partial charge < -0.3 is 19.2 Å². The molecule has 8 heteroatoms. The molecule has 26 heavy (non-hydrogen) atoms. The van der Waals surface area contributed by atoms with E-state index in [0.717, 1.165) is 28.7 Å². The van der Waals surface area contributed by atoms with Crippen LogP contribution in [0.15, 0.2) is 47.1 Å². The molecular formula is C18H15N5O3. The lowest BCUT2D eigenvalue weighted by atomic mass is 10.2. The molecule has 1 aliphatic rings. The van der Waals surface area contributed by atoms with E-state index in [2.05, 4.69) is 20.4 Å². The number of rotatable bonds is 3. The van der Waals surface area contributed by atoms with Crippen molar-refractivity contribution < 1.29 is 13.9 Å². The van der Waals surface area contributed by atoms with Crippen LogP contribution in [0.3, 0.4) is 0 Å². The zero-order valence-corrected chi connectivity index (χ0v) is 14.0. The van der Waals surface area contributed by atoms with E-state index >= 15 is 0 Å². The summed E-state index contributed by atoms with van der Waals surface area (Å²) in [7, 11) is 0. The fourth-order valence-corrected chi connectivity index (χ4v) is 2.86. The minimum atomic E-state index is 0.485. The molecule has 3 aromatic heterocycles. The fourth-order valence-electron chi connectivity index (χ4n) is 2.86. The van der Waals surface area contributed by atoms with Gasteiger partial charge in [-0.15, -0.1) is 5.10 Å². The Bertz CT molecular complexity index is 1090. The van der Waals surface area contributed by atoms with Crippen LogP contribution in [0, 0.1) is 6.92 Å². The first-order valence-electron chi connectivity index (χ1n) is 8.21. The summed E-state index contributed by atoms with van der Waals surface area (Å²) in [5, 5.41) is 7.86. The van der Waals surface area contributed by atoms with Gasteiger partial charge in [-0.25, -0.2) is 4.98 Å². The van der Waals surface area contributed by atoms with Crippen LogP contribution in [0.2, 0.25) is 0 Å². The number of benzene rings is 1. The quantitative estimate of drug-likeness (QED) is 0.608. The van der Waals surface area contributed by atoms with Gasteiger partial charge in [-0.05, 0) is 31.2 Å². The van der Waals surface area contributed by atoms with Gasteiger partial charge in [-0.1, -0.05) is 0 Å². The highest BCUT2D eigenvalue weighted by Crippen LogP contribution is 2.33. The van der Waals surface area contributed by atoms with Crippen LogP contribution in [0.5, 0.6) is 11.5 Å². The Hall–Kier alpha value is -3.55. The van der Waals surface area contributed by atoms with Gasteiger partial charge in [0.15, 0.2) is 17.3 Å². The van der Waals surface area contributed by atoms with E-state index in [-0.39, 0.29) is 0 Å². The molecule has 0 fully saturated rings. The SMILES string of the molecule is Cc1cc(Nc2ccc3c(c2)OCCO3)n2nc(-c3ccco3)nc2n1. The normalized spacial score (nSPS) is 13.1. The number of aryl methyl sites for hydroxylation is 1. The van der Waals surface area contributed by atoms with Gasteiger partial charge in [0.05, 0.1) is 6.26 Å². The third-order valence-electron chi connectivity index (χ3n) is 4.00. The van der Waals surface area contributed by atoms with Gasteiger partial charge in [-0.2, -0.15) is 9.50 Å². The van der Waals surface area contributed by atoms with Crippen molar-refractivity contribution in [3.05, 3.63) is 48.4 Å². The summed E-state index contributed by atoms with van der Waals surface area (Å²) in [6, 6.07) is 11.2. The molecule has 0 unspecified atom stereocenters. The molecule has 1 aromatic carbocycles. The number of ether oxygens (including phenoxy) is 2. The summed E-state index contributed by atoms with van der Waals surface area (Å²) in [6.07, 6.45) is 1.59. The largest absolute Gasteiger partial charge is 0.486 e. The molecule has 0 amide bonds. The van der Waals surface area contributed by atoms with Crippen LogP contribution in [0.25, 0.3) is 17.4 Å². The van der Waals surface area contributed by atoms with E-state index < -0.39 is 0 Å². The maximum Gasteiger partial charge on any atom is 0.255 e. The molecule has 0 saturated heterocycles. The summed E-state index contributed by atoms with van der Waals surface area (Å²) in [5.74, 6) is 3.79. The number of hydrogen-bond donors (Lipinski definition) is 1. The van der Waals surface area contributed by atoms with Gasteiger partial charge in [0.2, 0.25) is 5.82 Å². The Labute approximate surface area is 148 Å². The Morgan fingerprint density at radius 3 is 2.77 bits per heavy atom. The molecule has 4 heterocycles. The van der Waals surface area contributed by atoms with E-state index in [0.29, 0.717) is 30.6 Å². The summed E-state index contributed by atoms with van der Waals surface area (Å²) in [4.78, 5) is 8.89. The first-order valence-corrected chi connectivity index (χ1v) is 8.21. The maximum atomic E-state index is 5.64. The van der Waals surface area contributed by atoms with Crippen LogP contribution >= 0.6 is 0 Å². The first kappa shape index (κ1) is 14.8. The second kappa shape index (κ2) is 5.76. The predicted molar refractivity (Wildman–Crippen MR) is 93.9 cm³/mol. The van der Waals surface area contributed by atoms with E-state index in [1.807, 2.05) is 37.3 Å². The summed E-state index contributed by atoms with van der Waals surface area (Å²) < 4.78 is 18.2. The number of nitrogens with zero attached hydrogens (tertiary/aromatic N) is 4. The topological polar surface area (TPSA) is 86.7 Å². The predicted octanol–water partition coefficient (Wildman–Crippen LogP) is 3.21. The molecule has 0 aliphatic carbocycles. The highest BCUT2D eigenvalue weighted by atomic mass is 16.6. The molecule has 0 spiro atoms. The maximum absolute atomic E-state index is 5.64. The van der Waals surface area contributed by atoms with Crippen molar-refractivity contribution in [2.75, 3.05) is 18.5 Å². The van der Waals surface area contributed by atoms with Gasteiger partial charge in [0.25, 0.3) is 5.78 Å². The second-order valence-electron chi connectivity index (χ2n) is 5.89. The fraction of sp³-hybridized carbons (Fsp3) is 0.167. The zero-order valence-electron chi connectivity index (χ0n) is 14.0. The Morgan fingerprint density at radius 1 is 1.04 bits per heavy atom. The third kappa shape index (κ3) is 2.52. The molecule has 4 aromatic rings. The lowest BCUT2D eigenvalue weighted by molar-refractivity contribution is 0.171. The second-order valence-corrected chi connectivity index (χ2v) is 5.89. The van der Waals surface area contributed by atoms with Crippen molar-refractivity contribution in [2.24, 2.45) is 0 Å². The average Bonchev–Trinajstić information content (AvgIpc) is 3.31. The van der Waals surface area contributed by atoms with Crippen molar-refractivity contribution in [1.29, 1.82) is 0 Å². The molecule has 0 saturated carbocycles. The van der Waals surface area contributed by atoms with Crippen molar-refractivity contribution in [3.8, 4) is 23.1 Å². The van der Waals surface area contributed by atoms with Crippen LogP contribution in [0.4, 0.5) is 11.5 Å². The lowest BCUT2D eigenvalue weighted by Crippen LogP contribution is -2.15. The van der Waals surface area contributed by atoms with E-state index in [1.54, 1.807) is 16.8 Å². The Morgan fingerprint density at radius 2 is 1.92 bits per heavy atom. The number of fused-ring (bicyclic) bond motifs is 2. The first-order chi connectivity index (χ1) is 12.8. The molecule has 0 atom stereocenters. The highest BCUT2D eigenvalue weighted by molar-refractivity contribution is 5.64. The van der Waals surface area contributed by atoms with E-state index in [4.69, 9.17) is 13.9 Å².